The average Bonchev–Trinajstić information content (AvgIpc) is 2.64. The Labute approximate surface area is 168 Å². The topological polar surface area (TPSA) is 122 Å². The van der Waals surface area contributed by atoms with Crippen molar-refractivity contribution in [3.63, 3.8) is 0 Å². The molecule has 0 saturated heterocycles. The van der Waals surface area contributed by atoms with E-state index in [4.69, 9.17) is 14.2 Å². The molecule has 2 aromatic carbocycles. The average molecular weight is 472 g/mol. The Balaban J connectivity index is 1.80. The molecular weight excluding hydrogens is 458 g/mol. The summed E-state index contributed by atoms with van der Waals surface area (Å²) in [4.78, 5) is 22.1. The number of benzene rings is 2. The number of hydrogen-bond donors (Lipinski definition) is 0. The van der Waals surface area contributed by atoms with Crippen LogP contribution in [0.15, 0.2) is 39.7 Å². The molecule has 1 aliphatic heterocycles. The molecule has 0 aromatic heterocycles. The molecule has 0 bridgehead atoms. The van der Waals surface area contributed by atoms with Crippen molar-refractivity contribution in [1.29, 1.82) is 0 Å². The van der Waals surface area contributed by atoms with Gasteiger partial charge in [-0.3, -0.25) is 10.1 Å². The van der Waals surface area contributed by atoms with Gasteiger partial charge in [0.1, 0.15) is 24.7 Å². The Hall–Kier alpha value is -2.66. The number of carbonyl (C=O) groups is 1. The lowest BCUT2D eigenvalue weighted by atomic mass is 10.2. The maximum Gasteiger partial charge on any atom is 0.338 e. The summed E-state index contributed by atoms with van der Waals surface area (Å²) in [6.07, 6.45) is 0.854. The van der Waals surface area contributed by atoms with E-state index in [-0.39, 0.29) is 12.2 Å². The molecule has 11 heteroatoms. The summed E-state index contributed by atoms with van der Waals surface area (Å²) >= 11 is 3.36. The summed E-state index contributed by atoms with van der Waals surface area (Å²) < 4.78 is 40.1. The molecule has 0 aliphatic carbocycles. The quantitative estimate of drug-likeness (QED) is 0.370. The number of carbonyl (C=O) groups excluding carboxylic acids is 1. The number of rotatable bonds is 5. The molecule has 0 amide bonds. The summed E-state index contributed by atoms with van der Waals surface area (Å²) in [5.74, 6) is 0.263. The Morgan fingerprint density at radius 2 is 1.86 bits per heavy atom. The fourth-order valence-electron chi connectivity index (χ4n) is 2.54. The molecule has 0 fully saturated rings. The normalized spacial score (nSPS) is 13.1. The number of sulfone groups is 1. The van der Waals surface area contributed by atoms with Gasteiger partial charge in [-0.1, -0.05) is 15.9 Å². The van der Waals surface area contributed by atoms with Gasteiger partial charge in [0.05, 0.1) is 10.5 Å². The van der Waals surface area contributed by atoms with Gasteiger partial charge in [-0.05, 0) is 24.3 Å². The Kier molecular flexibility index (Phi) is 5.57. The molecule has 0 radical (unpaired) electrons. The van der Waals surface area contributed by atoms with Crippen molar-refractivity contribution in [2.45, 2.75) is 11.5 Å². The van der Waals surface area contributed by atoms with Crippen molar-refractivity contribution >= 4 is 37.4 Å². The first-order chi connectivity index (χ1) is 13.2. The van der Waals surface area contributed by atoms with E-state index in [1.807, 2.05) is 0 Å². The lowest BCUT2D eigenvalue weighted by Crippen LogP contribution is -2.16. The van der Waals surface area contributed by atoms with Gasteiger partial charge >= 0.3 is 5.97 Å². The summed E-state index contributed by atoms with van der Waals surface area (Å²) in [5, 5.41) is 11.2. The third kappa shape index (κ3) is 4.25. The van der Waals surface area contributed by atoms with Crippen LogP contribution in [0.5, 0.6) is 11.5 Å². The molecule has 9 nitrogen and oxygen atoms in total. The minimum absolute atomic E-state index is 0.127. The summed E-state index contributed by atoms with van der Waals surface area (Å²) in [5.41, 5.74) is -0.204. The highest BCUT2D eigenvalue weighted by Gasteiger charge is 2.24. The standard InChI is InChI=1S/C17H14BrNO8S/c1-28(23,24)16-3-2-10(6-13(16)19(21)22)17(20)27-9-11-7-14-15(8-12(11)18)26-5-4-25-14/h2-3,6-8H,4-5,9H2,1H3. The fraction of sp³-hybridized carbons (Fsp3) is 0.235. The zero-order valence-electron chi connectivity index (χ0n) is 14.5. The van der Waals surface area contributed by atoms with Crippen LogP contribution in [-0.2, 0) is 21.2 Å². The number of nitro benzene ring substituents is 1. The van der Waals surface area contributed by atoms with Crippen molar-refractivity contribution in [2.24, 2.45) is 0 Å². The van der Waals surface area contributed by atoms with Crippen LogP contribution in [0.25, 0.3) is 0 Å². The van der Waals surface area contributed by atoms with E-state index < -0.39 is 31.3 Å². The number of fused-ring (bicyclic) bond motifs is 1. The lowest BCUT2D eigenvalue weighted by Gasteiger charge is -2.19. The molecule has 0 atom stereocenters. The van der Waals surface area contributed by atoms with Crippen LogP contribution in [0, 0.1) is 10.1 Å². The smallest absolute Gasteiger partial charge is 0.338 e. The van der Waals surface area contributed by atoms with E-state index in [0.717, 1.165) is 18.4 Å². The number of nitrogens with zero attached hydrogens (tertiary/aromatic N) is 1. The van der Waals surface area contributed by atoms with E-state index in [0.29, 0.717) is 34.7 Å². The fourth-order valence-corrected chi connectivity index (χ4v) is 3.81. The number of ether oxygens (including phenoxy) is 3. The summed E-state index contributed by atoms with van der Waals surface area (Å²) in [6, 6.07) is 6.44. The SMILES string of the molecule is CS(=O)(=O)c1ccc(C(=O)OCc2cc3c(cc2Br)OCCO3)cc1[N+](=O)[O-]. The zero-order chi connectivity index (χ0) is 20.5. The molecule has 148 valence electrons. The molecule has 0 spiro atoms. The van der Waals surface area contributed by atoms with E-state index in [1.54, 1.807) is 12.1 Å². The molecule has 28 heavy (non-hydrogen) atoms. The van der Waals surface area contributed by atoms with E-state index in [1.165, 1.54) is 6.07 Å². The van der Waals surface area contributed by atoms with Crippen LogP contribution in [0.2, 0.25) is 0 Å². The predicted molar refractivity (Wildman–Crippen MR) is 100 cm³/mol. The van der Waals surface area contributed by atoms with Crippen molar-refractivity contribution in [2.75, 3.05) is 19.5 Å². The highest BCUT2D eigenvalue weighted by Crippen LogP contribution is 2.36. The van der Waals surface area contributed by atoms with Crippen LogP contribution < -0.4 is 9.47 Å². The number of halogens is 1. The minimum Gasteiger partial charge on any atom is -0.486 e. The zero-order valence-corrected chi connectivity index (χ0v) is 16.9. The van der Waals surface area contributed by atoms with E-state index >= 15 is 0 Å². The van der Waals surface area contributed by atoms with E-state index in [9.17, 15) is 23.3 Å². The molecule has 1 aliphatic rings. The highest BCUT2D eigenvalue weighted by atomic mass is 79.9. The monoisotopic (exact) mass is 471 g/mol. The van der Waals surface area contributed by atoms with Crippen LogP contribution in [0.1, 0.15) is 15.9 Å². The maximum absolute atomic E-state index is 12.3. The maximum atomic E-state index is 12.3. The first-order valence-corrected chi connectivity index (χ1v) is 10.6. The van der Waals surface area contributed by atoms with Gasteiger partial charge in [-0.25, -0.2) is 13.2 Å². The Bertz CT molecular complexity index is 1070. The van der Waals surface area contributed by atoms with Gasteiger partial charge in [0.2, 0.25) is 0 Å². The van der Waals surface area contributed by atoms with Gasteiger partial charge in [0.15, 0.2) is 21.3 Å². The third-order valence-electron chi connectivity index (χ3n) is 3.86. The third-order valence-corrected chi connectivity index (χ3v) is 5.74. The van der Waals surface area contributed by atoms with Gasteiger partial charge in [0, 0.05) is 22.4 Å². The Morgan fingerprint density at radius 1 is 1.21 bits per heavy atom. The van der Waals surface area contributed by atoms with Crippen LogP contribution >= 0.6 is 15.9 Å². The first-order valence-electron chi connectivity index (χ1n) is 7.90. The summed E-state index contributed by atoms with van der Waals surface area (Å²) in [6.45, 7) is 0.720. The molecule has 0 N–H and O–H groups in total. The second-order valence-corrected chi connectivity index (χ2v) is 8.71. The first kappa shape index (κ1) is 20.1. The largest absolute Gasteiger partial charge is 0.486 e. The summed E-state index contributed by atoms with van der Waals surface area (Å²) in [7, 11) is -3.82. The molecule has 0 saturated carbocycles. The molecule has 3 rings (SSSR count). The second-order valence-electron chi connectivity index (χ2n) is 5.88. The lowest BCUT2D eigenvalue weighted by molar-refractivity contribution is -0.387. The van der Waals surface area contributed by atoms with Crippen molar-refractivity contribution in [3.05, 3.63) is 56.0 Å². The van der Waals surface area contributed by atoms with E-state index in [2.05, 4.69) is 15.9 Å². The molecule has 2 aromatic rings. The minimum atomic E-state index is -3.82. The van der Waals surface area contributed by atoms with Gasteiger partial charge in [-0.15, -0.1) is 0 Å². The van der Waals surface area contributed by atoms with Gasteiger partial charge in [-0.2, -0.15) is 0 Å². The van der Waals surface area contributed by atoms with Gasteiger partial charge < -0.3 is 14.2 Å². The van der Waals surface area contributed by atoms with Crippen molar-refractivity contribution in [3.8, 4) is 11.5 Å². The number of nitro groups is 1. The number of esters is 1. The Morgan fingerprint density at radius 3 is 2.46 bits per heavy atom. The molecular formula is C17H14BrNO8S. The molecule has 0 unspecified atom stereocenters. The second kappa shape index (κ2) is 7.76. The van der Waals surface area contributed by atoms with Crippen LogP contribution in [0.4, 0.5) is 5.69 Å². The predicted octanol–water partition coefficient (Wildman–Crippen LogP) is 2.89. The number of hydrogen-bond acceptors (Lipinski definition) is 8. The highest BCUT2D eigenvalue weighted by molar-refractivity contribution is 9.10. The van der Waals surface area contributed by atoms with Gasteiger partial charge in [0.25, 0.3) is 5.69 Å². The van der Waals surface area contributed by atoms with Crippen molar-refractivity contribution < 1.29 is 32.3 Å². The van der Waals surface area contributed by atoms with Crippen LogP contribution in [-0.4, -0.2) is 38.8 Å². The van der Waals surface area contributed by atoms with Crippen LogP contribution in [0.3, 0.4) is 0 Å². The molecule has 1 heterocycles. The van der Waals surface area contributed by atoms with Crippen molar-refractivity contribution in [1.82, 2.24) is 0 Å².